The van der Waals surface area contributed by atoms with E-state index < -0.39 is 0 Å². The second kappa shape index (κ2) is 4.83. The van der Waals surface area contributed by atoms with Crippen LogP contribution in [0.2, 0.25) is 0 Å². The van der Waals surface area contributed by atoms with Crippen molar-refractivity contribution in [1.29, 1.82) is 0 Å². The fourth-order valence-corrected chi connectivity index (χ4v) is 0.722. The van der Waals surface area contributed by atoms with E-state index in [1.807, 2.05) is 0 Å². The number of halogens is 1. The maximum Gasteiger partial charge on any atom is 0.0853 e. The molecule has 0 aliphatic rings. The monoisotopic (exact) mass is 139 g/mol. The minimum atomic E-state index is 0.134. The number of nitrogens with one attached hydrogen (secondary N) is 1. The quantitative estimate of drug-likeness (QED) is 0.357. The summed E-state index contributed by atoms with van der Waals surface area (Å²) in [5, 5.41) is 2.85. The van der Waals surface area contributed by atoms with Crippen molar-refractivity contribution in [2.24, 2.45) is 0 Å². The lowest BCUT2D eigenvalue weighted by Crippen LogP contribution is -2.10. The van der Waals surface area contributed by atoms with Crippen LogP contribution in [0.25, 0.3) is 0 Å². The Kier molecular flexibility index (Phi) is 5.30. The highest BCUT2D eigenvalue weighted by atomic mass is 35.5. The second-order valence-corrected chi connectivity index (χ2v) is 2.28. The molecule has 0 aliphatic carbocycles. The smallest absolute Gasteiger partial charge is 0.0853 e. The molecule has 0 heterocycles. The summed E-state index contributed by atoms with van der Waals surface area (Å²) >= 11 is 5.63. The summed E-state index contributed by atoms with van der Waals surface area (Å²) < 4.78 is 0. The summed E-state index contributed by atoms with van der Waals surface area (Å²) in [5.41, 5.74) is 0.134. The van der Waals surface area contributed by atoms with Gasteiger partial charge in [-0.3, -0.25) is 5.09 Å². The molecule has 2 unspecified atom stereocenters. The number of rotatable bonds is 3. The van der Waals surface area contributed by atoms with Crippen molar-refractivity contribution in [3.63, 3.8) is 0 Å². The van der Waals surface area contributed by atoms with Gasteiger partial charge in [-0.15, -0.1) is 11.6 Å². The molecular formula is C4H11ClNP. The van der Waals surface area contributed by atoms with Crippen molar-refractivity contribution in [1.82, 2.24) is 5.09 Å². The van der Waals surface area contributed by atoms with Gasteiger partial charge in [0, 0.05) is 0 Å². The minimum absolute atomic E-state index is 0.134. The Hall–Kier alpha value is 0.680. The second-order valence-electron chi connectivity index (χ2n) is 1.42. The average Bonchev–Trinajstić information content (AvgIpc) is 1.68. The molecule has 1 nitrogen and oxygen atoms in total. The van der Waals surface area contributed by atoms with E-state index in [2.05, 4.69) is 21.4 Å². The highest BCUT2D eigenvalue weighted by Gasteiger charge is 1.94. The van der Waals surface area contributed by atoms with Gasteiger partial charge in [-0.05, 0) is 6.42 Å². The maximum atomic E-state index is 5.63. The van der Waals surface area contributed by atoms with Gasteiger partial charge in [0.1, 0.15) is 0 Å². The van der Waals surface area contributed by atoms with Gasteiger partial charge in [0.15, 0.2) is 0 Å². The molecule has 0 aliphatic heterocycles. The normalized spacial score (nSPS) is 14.1. The van der Waals surface area contributed by atoms with Crippen LogP contribution in [-0.4, -0.2) is 5.50 Å². The zero-order valence-corrected chi connectivity index (χ0v) is 6.36. The molecule has 0 saturated carbocycles. The molecule has 2 atom stereocenters. The SMILES string of the molecule is CCCC(Cl)NP. The van der Waals surface area contributed by atoms with E-state index in [4.69, 9.17) is 11.6 Å². The van der Waals surface area contributed by atoms with Crippen LogP contribution in [-0.2, 0) is 0 Å². The van der Waals surface area contributed by atoms with Crippen LogP contribution in [0.4, 0.5) is 0 Å². The summed E-state index contributed by atoms with van der Waals surface area (Å²) in [6.07, 6.45) is 2.17. The van der Waals surface area contributed by atoms with Gasteiger partial charge in [-0.25, -0.2) is 0 Å². The lowest BCUT2D eigenvalue weighted by Gasteiger charge is -2.02. The van der Waals surface area contributed by atoms with Crippen LogP contribution in [0, 0.1) is 0 Å². The average molecular weight is 140 g/mol. The number of hydrogen-bond donors (Lipinski definition) is 1. The van der Waals surface area contributed by atoms with Crippen molar-refractivity contribution in [3.8, 4) is 0 Å². The molecule has 0 aromatic heterocycles. The molecule has 0 bridgehead atoms. The third-order valence-corrected chi connectivity index (χ3v) is 1.68. The van der Waals surface area contributed by atoms with E-state index >= 15 is 0 Å². The first kappa shape index (κ1) is 7.68. The molecule has 44 valence electrons. The van der Waals surface area contributed by atoms with Crippen molar-refractivity contribution < 1.29 is 0 Å². The molecule has 0 saturated heterocycles. The van der Waals surface area contributed by atoms with Crippen molar-refractivity contribution in [2.45, 2.75) is 25.3 Å². The first-order chi connectivity index (χ1) is 3.31. The van der Waals surface area contributed by atoms with Crippen molar-refractivity contribution in [2.75, 3.05) is 0 Å². The Morgan fingerprint density at radius 1 is 1.86 bits per heavy atom. The minimum Gasteiger partial charge on any atom is -0.285 e. The predicted molar refractivity (Wildman–Crippen MR) is 37.4 cm³/mol. The molecule has 0 amide bonds. The van der Waals surface area contributed by atoms with Gasteiger partial charge in [0.05, 0.1) is 5.50 Å². The molecule has 0 radical (unpaired) electrons. The van der Waals surface area contributed by atoms with Crippen molar-refractivity contribution >= 4 is 21.0 Å². The van der Waals surface area contributed by atoms with E-state index in [0.717, 1.165) is 12.8 Å². The molecule has 3 heteroatoms. The van der Waals surface area contributed by atoms with Crippen LogP contribution in [0.5, 0.6) is 0 Å². The topological polar surface area (TPSA) is 12.0 Å². The van der Waals surface area contributed by atoms with Gasteiger partial charge in [0.25, 0.3) is 0 Å². The maximum absolute atomic E-state index is 5.63. The first-order valence-corrected chi connectivity index (χ1v) is 3.42. The third kappa shape index (κ3) is 4.53. The summed E-state index contributed by atoms with van der Waals surface area (Å²) in [5.74, 6) is 0. The molecule has 0 spiro atoms. The van der Waals surface area contributed by atoms with Crippen LogP contribution >= 0.6 is 21.0 Å². The van der Waals surface area contributed by atoms with E-state index in [9.17, 15) is 0 Å². The zero-order valence-electron chi connectivity index (χ0n) is 4.45. The summed E-state index contributed by atoms with van der Waals surface area (Å²) in [6.45, 7) is 2.11. The molecule has 7 heavy (non-hydrogen) atoms. The van der Waals surface area contributed by atoms with Crippen molar-refractivity contribution in [3.05, 3.63) is 0 Å². The summed E-state index contributed by atoms with van der Waals surface area (Å²) in [7, 11) is 2.39. The highest BCUT2D eigenvalue weighted by Crippen LogP contribution is 2.01. The Morgan fingerprint density at radius 2 is 2.43 bits per heavy atom. The lowest BCUT2D eigenvalue weighted by atomic mass is 10.3. The Balaban J connectivity index is 2.83. The molecule has 0 aromatic carbocycles. The standard InChI is InChI=1S/C4H11ClNP/c1-2-3-4(5)6-7/h4,6H,2-3,7H2,1H3. The molecule has 0 fully saturated rings. The largest absolute Gasteiger partial charge is 0.285 e. The third-order valence-electron chi connectivity index (χ3n) is 0.723. The Labute approximate surface area is 52.1 Å². The van der Waals surface area contributed by atoms with Crippen LogP contribution in [0.15, 0.2) is 0 Å². The molecule has 0 aromatic rings. The van der Waals surface area contributed by atoms with Gasteiger partial charge in [-0.2, -0.15) is 0 Å². The van der Waals surface area contributed by atoms with Crippen LogP contribution in [0.1, 0.15) is 19.8 Å². The van der Waals surface area contributed by atoms with Gasteiger partial charge < -0.3 is 0 Å². The highest BCUT2D eigenvalue weighted by molar-refractivity contribution is 7.13. The number of alkyl halides is 1. The molecule has 1 N–H and O–H groups in total. The summed E-state index contributed by atoms with van der Waals surface area (Å²) in [4.78, 5) is 0. The lowest BCUT2D eigenvalue weighted by molar-refractivity contribution is 0.722. The zero-order chi connectivity index (χ0) is 5.70. The van der Waals surface area contributed by atoms with Gasteiger partial charge in [0.2, 0.25) is 0 Å². The Morgan fingerprint density at radius 3 is 2.57 bits per heavy atom. The fraction of sp³-hybridized carbons (Fsp3) is 1.00. The van der Waals surface area contributed by atoms with E-state index in [1.54, 1.807) is 0 Å². The first-order valence-electron chi connectivity index (χ1n) is 2.41. The van der Waals surface area contributed by atoms with Crippen LogP contribution in [0.3, 0.4) is 0 Å². The number of hydrogen-bond acceptors (Lipinski definition) is 1. The Bertz CT molecular complexity index is 42.7. The van der Waals surface area contributed by atoms with Gasteiger partial charge >= 0.3 is 0 Å². The van der Waals surface area contributed by atoms with E-state index in [1.165, 1.54) is 0 Å². The molecule has 0 rings (SSSR count). The van der Waals surface area contributed by atoms with E-state index in [0.29, 0.717) is 0 Å². The summed E-state index contributed by atoms with van der Waals surface area (Å²) in [6, 6.07) is 0. The molecular weight excluding hydrogens is 128 g/mol. The fourth-order valence-electron chi connectivity index (χ4n) is 0.337. The van der Waals surface area contributed by atoms with Crippen LogP contribution < -0.4 is 5.09 Å². The van der Waals surface area contributed by atoms with E-state index in [-0.39, 0.29) is 5.50 Å². The predicted octanol–water partition coefficient (Wildman–Crippen LogP) is 1.73. The van der Waals surface area contributed by atoms with Gasteiger partial charge in [-0.1, -0.05) is 22.7 Å².